The molecule has 0 radical (unpaired) electrons. The van der Waals surface area contributed by atoms with Gasteiger partial charge in [-0.05, 0) is 42.8 Å². The largest absolute Gasteiger partial charge is 0.376 e. The van der Waals surface area contributed by atoms with E-state index in [1.54, 1.807) is 48.5 Å². The van der Waals surface area contributed by atoms with Gasteiger partial charge in [0.25, 0.3) is 5.91 Å². The monoisotopic (exact) mass is 368 g/mol. The average molecular weight is 368 g/mol. The SMILES string of the molecule is CCCNC(=O)c1cccc(NC(=O)CNc2cccc(NC(C)=O)c2)c1. The Hall–Kier alpha value is -3.35. The van der Waals surface area contributed by atoms with E-state index in [4.69, 9.17) is 0 Å². The number of nitrogens with one attached hydrogen (secondary N) is 4. The van der Waals surface area contributed by atoms with Crippen molar-refractivity contribution in [3.05, 3.63) is 54.1 Å². The zero-order chi connectivity index (χ0) is 19.6. The number of hydrogen-bond acceptors (Lipinski definition) is 4. The van der Waals surface area contributed by atoms with Crippen molar-refractivity contribution in [1.29, 1.82) is 0 Å². The molecule has 0 aliphatic heterocycles. The Kier molecular flexibility index (Phi) is 7.37. The van der Waals surface area contributed by atoms with Gasteiger partial charge in [-0.15, -0.1) is 0 Å². The summed E-state index contributed by atoms with van der Waals surface area (Å²) >= 11 is 0. The van der Waals surface area contributed by atoms with Gasteiger partial charge >= 0.3 is 0 Å². The van der Waals surface area contributed by atoms with Crippen LogP contribution in [0.15, 0.2) is 48.5 Å². The summed E-state index contributed by atoms with van der Waals surface area (Å²) < 4.78 is 0. The van der Waals surface area contributed by atoms with Crippen LogP contribution in [0.1, 0.15) is 30.6 Å². The predicted molar refractivity (Wildman–Crippen MR) is 107 cm³/mol. The second-order valence-electron chi connectivity index (χ2n) is 6.00. The Morgan fingerprint density at radius 2 is 1.56 bits per heavy atom. The highest BCUT2D eigenvalue weighted by molar-refractivity contribution is 5.98. The Balaban J connectivity index is 1.90. The molecular weight excluding hydrogens is 344 g/mol. The Labute approximate surface area is 158 Å². The van der Waals surface area contributed by atoms with Gasteiger partial charge in [-0.3, -0.25) is 14.4 Å². The minimum Gasteiger partial charge on any atom is -0.376 e. The summed E-state index contributed by atoms with van der Waals surface area (Å²) in [7, 11) is 0. The van der Waals surface area contributed by atoms with Gasteiger partial charge in [0.05, 0.1) is 6.54 Å². The lowest BCUT2D eigenvalue weighted by molar-refractivity contribution is -0.115. The molecule has 27 heavy (non-hydrogen) atoms. The summed E-state index contributed by atoms with van der Waals surface area (Å²) in [4.78, 5) is 35.3. The number of amides is 3. The maximum atomic E-state index is 12.2. The normalized spacial score (nSPS) is 10.0. The van der Waals surface area contributed by atoms with Crippen molar-refractivity contribution < 1.29 is 14.4 Å². The van der Waals surface area contributed by atoms with Gasteiger partial charge in [-0.25, -0.2) is 0 Å². The molecule has 0 bridgehead atoms. The van der Waals surface area contributed by atoms with Gasteiger partial charge in [0, 0.05) is 36.1 Å². The Morgan fingerprint density at radius 3 is 2.26 bits per heavy atom. The Bertz CT molecular complexity index is 820. The molecule has 2 aromatic rings. The number of benzene rings is 2. The molecule has 0 saturated carbocycles. The fourth-order valence-electron chi connectivity index (χ4n) is 2.38. The van der Waals surface area contributed by atoms with E-state index in [-0.39, 0.29) is 24.3 Å². The molecule has 0 unspecified atom stereocenters. The number of carbonyl (C=O) groups is 3. The first-order valence-electron chi connectivity index (χ1n) is 8.77. The van der Waals surface area contributed by atoms with Gasteiger partial charge < -0.3 is 21.3 Å². The quantitative estimate of drug-likeness (QED) is 0.576. The van der Waals surface area contributed by atoms with Gasteiger partial charge in [0.15, 0.2) is 0 Å². The van der Waals surface area contributed by atoms with E-state index in [1.807, 2.05) is 6.92 Å². The van der Waals surface area contributed by atoms with E-state index in [9.17, 15) is 14.4 Å². The highest BCUT2D eigenvalue weighted by Gasteiger charge is 2.07. The van der Waals surface area contributed by atoms with Crippen molar-refractivity contribution in [3.8, 4) is 0 Å². The van der Waals surface area contributed by atoms with Crippen LogP contribution in [-0.4, -0.2) is 30.8 Å². The van der Waals surface area contributed by atoms with Crippen LogP contribution in [0.3, 0.4) is 0 Å². The molecule has 4 N–H and O–H groups in total. The third-order valence-electron chi connectivity index (χ3n) is 3.58. The minimum absolute atomic E-state index is 0.0514. The van der Waals surface area contributed by atoms with E-state index in [1.165, 1.54) is 6.92 Å². The first-order valence-corrected chi connectivity index (χ1v) is 8.77. The molecule has 0 atom stereocenters. The van der Waals surface area contributed by atoms with Crippen molar-refractivity contribution in [3.63, 3.8) is 0 Å². The number of carbonyl (C=O) groups excluding carboxylic acids is 3. The fourth-order valence-corrected chi connectivity index (χ4v) is 2.38. The van der Waals surface area contributed by atoms with Crippen LogP contribution in [0.25, 0.3) is 0 Å². The van der Waals surface area contributed by atoms with Gasteiger partial charge in [-0.2, -0.15) is 0 Å². The van der Waals surface area contributed by atoms with Crippen LogP contribution < -0.4 is 21.3 Å². The van der Waals surface area contributed by atoms with E-state index in [0.717, 1.165) is 6.42 Å². The fraction of sp³-hybridized carbons (Fsp3) is 0.250. The second-order valence-corrected chi connectivity index (χ2v) is 6.00. The Morgan fingerprint density at radius 1 is 0.889 bits per heavy atom. The van der Waals surface area contributed by atoms with Crippen LogP contribution in [0, 0.1) is 0 Å². The van der Waals surface area contributed by atoms with Crippen LogP contribution in [-0.2, 0) is 9.59 Å². The first-order chi connectivity index (χ1) is 13.0. The molecule has 142 valence electrons. The zero-order valence-corrected chi connectivity index (χ0v) is 15.5. The molecule has 2 rings (SSSR count). The van der Waals surface area contributed by atoms with Gasteiger partial charge in [0.2, 0.25) is 11.8 Å². The lowest BCUT2D eigenvalue weighted by atomic mass is 10.2. The molecule has 7 heteroatoms. The standard InChI is InChI=1S/C20H24N4O3/c1-3-10-21-20(27)15-6-4-8-17(11-15)24-19(26)13-22-16-7-5-9-18(12-16)23-14(2)25/h4-9,11-12,22H,3,10,13H2,1-2H3,(H,21,27)(H,23,25)(H,24,26). The zero-order valence-electron chi connectivity index (χ0n) is 15.5. The van der Waals surface area contributed by atoms with Crippen LogP contribution in [0.2, 0.25) is 0 Å². The first kappa shape index (κ1) is 20.0. The lowest BCUT2D eigenvalue weighted by Gasteiger charge is -2.10. The third-order valence-corrected chi connectivity index (χ3v) is 3.58. The molecule has 0 heterocycles. The van der Waals surface area contributed by atoms with Gasteiger partial charge in [0.1, 0.15) is 0 Å². The second kappa shape index (κ2) is 9.96. The molecule has 7 nitrogen and oxygen atoms in total. The molecule has 0 aromatic heterocycles. The molecule has 0 saturated heterocycles. The van der Waals surface area contributed by atoms with Gasteiger partial charge in [-0.1, -0.05) is 19.1 Å². The number of anilines is 3. The topological polar surface area (TPSA) is 99.3 Å². The predicted octanol–water partition coefficient (Wildman–Crippen LogP) is 2.84. The van der Waals surface area contributed by atoms with E-state index in [0.29, 0.717) is 29.2 Å². The smallest absolute Gasteiger partial charge is 0.251 e. The van der Waals surface area contributed by atoms with Crippen LogP contribution in [0.4, 0.5) is 17.1 Å². The number of rotatable bonds is 8. The van der Waals surface area contributed by atoms with Crippen LogP contribution in [0.5, 0.6) is 0 Å². The average Bonchev–Trinajstić information content (AvgIpc) is 2.64. The summed E-state index contributed by atoms with van der Waals surface area (Å²) in [5, 5.41) is 11.2. The molecular formula is C20H24N4O3. The lowest BCUT2D eigenvalue weighted by Crippen LogP contribution is -2.25. The minimum atomic E-state index is -0.244. The van der Waals surface area contributed by atoms with Crippen molar-refractivity contribution in [2.75, 3.05) is 29.0 Å². The van der Waals surface area contributed by atoms with Crippen molar-refractivity contribution in [1.82, 2.24) is 5.32 Å². The van der Waals surface area contributed by atoms with Crippen LogP contribution >= 0.6 is 0 Å². The van der Waals surface area contributed by atoms with Crippen molar-refractivity contribution in [2.24, 2.45) is 0 Å². The molecule has 0 spiro atoms. The molecule has 0 fully saturated rings. The summed E-state index contributed by atoms with van der Waals surface area (Å²) in [5.41, 5.74) is 2.41. The maximum absolute atomic E-state index is 12.2. The molecule has 3 amide bonds. The maximum Gasteiger partial charge on any atom is 0.251 e. The number of hydrogen-bond donors (Lipinski definition) is 4. The van der Waals surface area contributed by atoms with Crippen molar-refractivity contribution in [2.45, 2.75) is 20.3 Å². The van der Waals surface area contributed by atoms with E-state index >= 15 is 0 Å². The highest BCUT2D eigenvalue weighted by atomic mass is 16.2. The van der Waals surface area contributed by atoms with E-state index in [2.05, 4.69) is 21.3 Å². The molecule has 0 aliphatic rings. The highest BCUT2D eigenvalue weighted by Crippen LogP contribution is 2.15. The summed E-state index contributed by atoms with van der Waals surface area (Å²) in [5.74, 6) is -0.570. The summed E-state index contributed by atoms with van der Waals surface area (Å²) in [6.45, 7) is 4.08. The molecule has 2 aromatic carbocycles. The molecule has 0 aliphatic carbocycles. The van der Waals surface area contributed by atoms with E-state index < -0.39 is 0 Å². The summed E-state index contributed by atoms with van der Waals surface area (Å²) in [6.07, 6.45) is 0.858. The summed E-state index contributed by atoms with van der Waals surface area (Å²) in [6, 6.07) is 13.9. The van der Waals surface area contributed by atoms with Crippen molar-refractivity contribution >= 4 is 34.8 Å². The third kappa shape index (κ3) is 6.81.